The SMILES string of the molecule is CCCCCCCCCCCCCCCCN(CCCCCCCCCCCCCCCC)C(C)(C)C.Cl. The summed E-state index contributed by atoms with van der Waals surface area (Å²) in [5.74, 6) is 0. The minimum atomic E-state index is 0. The summed E-state index contributed by atoms with van der Waals surface area (Å²) >= 11 is 0. The minimum absolute atomic E-state index is 0. The third-order valence-electron chi connectivity index (χ3n) is 8.51. The molecule has 232 valence electrons. The molecule has 38 heavy (non-hydrogen) atoms. The molecule has 0 spiro atoms. The molecule has 0 radical (unpaired) electrons. The third-order valence-corrected chi connectivity index (χ3v) is 8.51. The lowest BCUT2D eigenvalue weighted by molar-refractivity contribution is 0.130. The predicted molar refractivity (Wildman–Crippen MR) is 179 cm³/mol. The molecule has 0 unspecified atom stereocenters. The number of unbranched alkanes of at least 4 members (excludes halogenated alkanes) is 26. The van der Waals surface area contributed by atoms with E-state index in [-0.39, 0.29) is 12.4 Å². The van der Waals surface area contributed by atoms with E-state index in [0.717, 1.165) is 0 Å². The van der Waals surface area contributed by atoms with Crippen molar-refractivity contribution >= 4 is 12.4 Å². The molecule has 0 rings (SSSR count). The molecular formula is C36H76ClN. The van der Waals surface area contributed by atoms with E-state index in [2.05, 4.69) is 39.5 Å². The van der Waals surface area contributed by atoms with Gasteiger partial charge in [0.15, 0.2) is 0 Å². The summed E-state index contributed by atoms with van der Waals surface area (Å²) in [4.78, 5) is 2.77. The van der Waals surface area contributed by atoms with E-state index in [4.69, 9.17) is 0 Å². The molecule has 1 nitrogen and oxygen atoms in total. The fraction of sp³-hybridized carbons (Fsp3) is 1.00. The maximum absolute atomic E-state index is 2.77. The van der Waals surface area contributed by atoms with Crippen LogP contribution in [0.3, 0.4) is 0 Å². The molecule has 0 heterocycles. The molecule has 0 aliphatic heterocycles. The van der Waals surface area contributed by atoms with E-state index in [0.29, 0.717) is 5.54 Å². The molecule has 0 aliphatic rings. The molecule has 2 heteroatoms. The van der Waals surface area contributed by atoms with Gasteiger partial charge in [0, 0.05) is 5.54 Å². The number of rotatable bonds is 30. The highest BCUT2D eigenvalue weighted by atomic mass is 35.5. The average Bonchev–Trinajstić information content (AvgIpc) is 2.87. The zero-order chi connectivity index (χ0) is 27.3. The van der Waals surface area contributed by atoms with Crippen molar-refractivity contribution in [2.24, 2.45) is 0 Å². The van der Waals surface area contributed by atoms with E-state index in [1.54, 1.807) is 0 Å². The van der Waals surface area contributed by atoms with Gasteiger partial charge in [-0.1, -0.05) is 181 Å². The first-order valence-corrected chi connectivity index (χ1v) is 17.8. The van der Waals surface area contributed by atoms with E-state index in [1.165, 1.54) is 193 Å². The first-order chi connectivity index (χ1) is 18.0. The van der Waals surface area contributed by atoms with Gasteiger partial charge in [-0.3, -0.25) is 4.90 Å². The smallest absolute Gasteiger partial charge is 0.0125 e. The van der Waals surface area contributed by atoms with Crippen LogP contribution in [0.5, 0.6) is 0 Å². The molecule has 0 saturated carbocycles. The number of nitrogens with zero attached hydrogens (tertiary/aromatic N) is 1. The largest absolute Gasteiger partial charge is 0.298 e. The Bertz CT molecular complexity index is 384. The van der Waals surface area contributed by atoms with Gasteiger partial charge in [-0.15, -0.1) is 12.4 Å². The van der Waals surface area contributed by atoms with Crippen LogP contribution in [-0.4, -0.2) is 23.5 Å². The van der Waals surface area contributed by atoms with Crippen molar-refractivity contribution < 1.29 is 0 Å². The molecule has 0 bridgehead atoms. The van der Waals surface area contributed by atoms with Gasteiger partial charge < -0.3 is 0 Å². The van der Waals surface area contributed by atoms with Gasteiger partial charge in [-0.25, -0.2) is 0 Å². The highest BCUT2D eigenvalue weighted by Crippen LogP contribution is 2.18. The summed E-state index contributed by atoms with van der Waals surface area (Å²) in [5.41, 5.74) is 0.326. The Kier molecular flexibility index (Phi) is 33.8. The summed E-state index contributed by atoms with van der Waals surface area (Å²) in [7, 11) is 0. The van der Waals surface area contributed by atoms with E-state index >= 15 is 0 Å². The van der Waals surface area contributed by atoms with Crippen LogP contribution in [0.1, 0.15) is 214 Å². The minimum Gasteiger partial charge on any atom is -0.298 e. The van der Waals surface area contributed by atoms with Gasteiger partial charge in [0.05, 0.1) is 0 Å². The van der Waals surface area contributed by atoms with Crippen LogP contribution >= 0.6 is 12.4 Å². The van der Waals surface area contributed by atoms with Gasteiger partial charge in [0.2, 0.25) is 0 Å². The van der Waals surface area contributed by atoms with Crippen LogP contribution in [-0.2, 0) is 0 Å². The summed E-state index contributed by atoms with van der Waals surface area (Å²) in [6.45, 7) is 14.5. The van der Waals surface area contributed by atoms with Crippen LogP contribution < -0.4 is 0 Å². The van der Waals surface area contributed by atoms with Crippen LogP contribution in [0.4, 0.5) is 0 Å². The Labute approximate surface area is 249 Å². The molecular weight excluding hydrogens is 482 g/mol. The molecule has 0 fully saturated rings. The van der Waals surface area contributed by atoms with Crippen LogP contribution in [0.2, 0.25) is 0 Å². The Hall–Kier alpha value is 0.250. The summed E-state index contributed by atoms with van der Waals surface area (Å²) in [6, 6.07) is 0. The molecule has 0 atom stereocenters. The van der Waals surface area contributed by atoms with Crippen molar-refractivity contribution in [1.82, 2.24) is 4.90 Å². The lowest BCUT2D eigenvalue weighted by atomic mass is 10.0. The fourth-order valence-electron chi connectivity index (χ4n) is 5.78. The van der Waals surface area contributed by atoms with Crippen molar-refractivity contribution in [1.29, 1.82) is 0 Å². The second-order valence-electron chi connectivity index (χ2n) is 13.4. The maximum Gasteiger partial charge on any atom is 0.0125 e. The van der Waals surface area contributed by atoms with Crippen LogP contribution in [0.25, 0.3) is 0 Å². The highest BCUT2D eigenvalue weighted by molar-refractivity contribution is 5.85. The Morgan fingerprint density at radius 3 is 0.684 bits per heavy atom. The fourth-order valence-corrected chi connectivity index (χ4v) is 5.78. The standard InChI is InChI=1S/C36H75N.ClH/c1-6-8-10-12-14-16-18-20-22-24-26-28-30-32-34-37(36(3,4)5)35-33-31-29-27-25-23-21-19-17-15-13-11-9-7-2;/h6-35H2,1-5H3;1H. The normalized spacial score (nSPS) is 11.8. The highest BCUT2D eigenvalue weighted by Gasteiger charge is 2.19. The van der Waals surface area contributed by atoms with E-state index < -0.39 is 0 Å². The van der Waals surface area contributed by atoms with Crippen molar-refractivity contribution in [2.45, 2.75) is 220 Å². The monoisotopic (exact) mass is 558 g/mol. The maximum atomic E-state index is 2.77. The molecule has 0 aromatic heterocycles. The van der Waals surface area contributed by atoms with Crippen molar-refractivity contribution in [3.05, 3.63) is 0 Å². The molecule has 0 aliphatic carbocycles. The zero-order valence-corrected chi connectivity index (χ0v) is 28.4. The second-order valence-corrected chi connectivity index (χ2v) is 13.4. The lowest BCUT2D eigenvalue weighted by Crippen LogP contribution is -2.42. The summed E-state index contributed by atoms with van der Waals surface area (Å²) in [5, 5.41) is 0. The molecule has 0 saturated heterocycles. The van der Waals surface area contributed by atoms with Crippen LogP contribution in [0.15, 0.2) is 0 Å². The third kappa shape index (κ3) is 30.8. The van der Waals surface area contributed by atoms with Crippen molar-refractivity contribution in [3.63, 3.8) is 0 Å². The average molecular weight is 558 g/mol. The van der Waals surface area contributed by atoms with Gasteiger partial charge in [-0.2, -0.15) is 0 Å². The summed E-state index contributed by atoms with van der Waals surface area (Å²) < 4.78 is 0. The Balaban J connectivity index is 0. The van der Waals surface area contributed by atoms with Gasteiger partial charge in [0.25, 0.3) is 0 Å². The Morgan fingerprint density at radius 2 is 0.500 bits per heavy atom. The molecule has 0 aromatic rings. The lowest BCUT2D eigenvalue weighted by Gasteiger charge is -2.36. The van der Waals surface area contributed by atoms with Gasteiger partial charge in [-0.05, 0) is 46.7 Å². The van der Waals surface area contributed by atoms with Crippen LogP contribution in [0, 0.1) is 0 Å². The zero-order valence-electron chi connectivity index (χ0n) is 27.6. The quantitative estimate of drug-likeness (QED) is 0.0793. The first-order valence-electron chi connectivity index (χ1n) is 17.8. The van der Waals surface area contributed by atoms with Crippen molar-refractivity contribution in [2.75, 3.05) is 13.1 Å². The Morgan fingerprint density at radius 1 is 0.316 bits per heavy atom. The van der Waals surface area contributed by atoms with Gasteiger partial charge >= 0.3 is 0 Å². The van der Waals surface area contributed by atoms with Crippen molar-refractivity contribution in [3.8, 4) is 0 Å². The number of hydrogen-bond acceptors (Lipinski definition) is 1. The number of halogens is 1. The first kappa shape index (κ1) is 40.4. The second kappa shape index (κ2) is 31.8. The molecule has 0 amide bonds. The van der Waals surface area contributed by atoms with E-state index in [1.807, 2.05) is 0 Å². The molecule has 0 aromatic carbocycles. The summed E-state index contributed by atoms with van der Waals surface area (Å²) in [6.07, 6.45) is 40.7. The topological polar surface area (TPSA) is 3.24 Å². The number of hydrogen-bond donors (Lipinski definition) is 0. The predicted octanol–water partition coefficient (Wildman–Crippen LogP) is 13.5. The van der Waals surface area contributed by atoms with Gasteiger partial charge in [0.1, 0.15) is 0 Å². The molecule has 0 N–H and O–H groups in total. The van der Waals surface area contributed by atoms with E-state index in [9.17, 15) is 0 Å².